The second-order valence-corrected chi connectivity index (χ2v) is 7.92. The first-order chi connectivity index (χ1) is 16.2. The van der Waals surface area contributed by atoms with Crippen LogP contribution in [0.4, 0.5) is 4.39 Å². The molecule has 6 nitrogen and oxygen atoms in total. The summed E-state index contributed by atoms with van der Waals surface area (Å²) in [5, 5.41) is 2.88. The van der Waals surface area contributed by atoms with Crippen LogP contribution >= 0.6 is 0 Å². The van der Waals surface area contributed by atoms with Gasteiger partial charge in [-0.15, -0.1) is 0 Å². The molecule has 2 aromatic carbocycles. The van der Waals surface area contributed by atoms with Crippen molar-refractivity contribution in [3.63, 3.8) is 0 Å². The third kappa shape index (κ3) is 6.84. The number of halogens is 1. The van der Waals surface area contributed by atoms with Gasteiger partial charge in [0.1, 0.15) is 18.2 Å². The zero-order chi connectivity index (χ0) is 22.9. The van der Waals surface area contributed by atoms with Gasteiger partial charge in [-0.1, -0.05) is 36.4 Å². The fraction of sp³-hybridized carbons (Fsp3) is 0.308. The van der Waals surface area contributed by atoms with E-state index in [2.05, 4.69) is 15.2 Å². The normalized spacial score (nSPS) is 14.1. The highest BCUT2D eigenvalue weighted by molar-refractivity contribution is 5.78. The van der Waals surface area contributed by atoms with E-state index in [9.17, 15) is 9.18 Å². The lowest BCUT2D eigenvalue weighted by Crippen LogP contribution is -2.38. The van der Waals surface area contributed by atoms with Crippen molar-refractivity contribution in [2.45, 2.75) is 13.0 Å². The second-order valence-electron chi connectivity index (χ2n) is 7.92. The van der Waals surface area contributed by atoms with Crippen LogP contribution in [0.2, 0.25) is 0 Å². The number of rotatable bonds is 9. The second kappa shape index (κ2) is 11.5. The summed E-state index contributed by atoms with van der Waals surface area (Å²) in [6.45, 7) is 5.05. The van der Waals surface area contributed by atoms with Crippen LogP contribution < -0.4 is 10.1 Å². The van der Waals surface area contributed by atoms with Gasteiger partial charge in [0.05, 0.1) is 19.6 Å². The van der Waals surface area contributed by atoms with Crippen molar-refractivity contribution in [1.29, 1.82) is 0 Å². The fourth-order valence-corrected chi connectivity index (χ4v) is 3.65. The lowest BCUT2D eigenvalue weighted by atomic mass is 10.1. The van der Waals surface area contributed by atoms with Gasteiger partial charge in [-0.3, -0.25) is 14.7 Å². The summed E-state index contributed by atoms with van der Waals surface area (Å²) in [6, 6.07) is 18.1. The van der Waals surface area contributed by atoms with E-state index in [1.54, 1.807) is 30.5 Å². The molecular weight excluding hydrogens is 421 g/mol. The van der Waals surface area contributed by atoms with E-state index >= 15 is 0 Å². The number of carbonyl (C=O) groups is 1. The van der Waals surface area contributed by atoms with Crippen molar-refractivity contribution in [2.24, 2.45) is 0 Å². The Morgan fingerprint density at radius 2 is 1.91 bits per heavy atom. The van der Waals surface area contributed by atoms with Gasteiger partial charge in [-0.25, -0.2) is 4.39 Å². The lowest BCUT2D eigenvalue weighted by molar-refractivity contribution is -0.120. The maximum Gasteiger partial charge on any atom is 0.226 e. The molecule has 0 atom stereocenters. The number of morpholine rings is 1. The Morgan fingerprint density at radius 1 is 1.09 bits per heavy atom. The molecule has 0 radical (unpaired) electrons. The van der Waals surface area contributed by atoms with Crippen LogP contribution in [0.1, 0.15) is 11.3 Å². The average molecular weight is 450 g/mol. The van der Waals surface area contributed by atoms with Gasteiger partial charge in [0, 0.05) is 55.3 Å². The maximum absolute atomic E-state index is 14.7. The predicted octanol–water partition coefficient (Wildman–Crippen LogP) is 3.46. The molecule has 0 bridgehead atoms. The third-order valence-electron chi connectivity index (χ3n) is 5.53. The van der Waals surface area contributed by atoms with Gasteiger partial charge in [0.2, 0.25) is 5.91 Å². The van der Waals surface area contributed by atoms with E-state index in [1.165, 1.54) is 6.07 Å². The molecule has 1 N–H and O–H groups in total. The molecule has 0 unspecified atom stereocenters. The number of hydrogen-bond acceptors (Lipinski definition) is 5. The van der Waals surface area contributed by atoms with Crippen LogP contribution in [0.5, 0.6) is 5.75 Å². The minimum absolute atomic E-state index is 0.108. The zero-order valence-corrected chi connectivity index (χ0v) is 18.5. The molecule has 1 aliphatic rings. The number of pyridine rings is 1. The minimum atomic E-state index is -0.367. The first kappa shape index (κ1) is 22.9. The van der Waals surface area contributed by atoms with Crippen LogP contribution in [0, 0.1) is 5.82 Å². The maximum atomic E-state index is 14.7. The average Bonchev–Trinajstić information content (AvgIpc) is 2.85. The number of aromatic nitrogens is 1. The van der Waals surface area contributed by atoms with Crippen LogP contribution in [-0.4, -0.2) is 55.2 Å². The van der Waals surface area contributed by atoms with Crippen LogP contribution in [0.15, 0.2) is 66.9 Å². The highest BCUT2D eigenvalue weighted by Crippen LogP contribution is 2.26. The van der Waals surface area contributed by atoms with E-state index in [0.29, 0.717) is 35.7 Å². The first-order valence-electron chi connectivity index (χ1n) is 11.2. The Labute approximate surface area is 193 Å². The lowest BCUT2D eigenvalue weighted by Gasteiger charge is -2.26. The Balaban J connectivity index is 1.28. The highest BCUT2D eigenvalue weighted by Gasteiger charge is 2.12. The molecule has 4 rings (SSSR count). The van der Waals surface area contributed by atoms with E-state index in [4.69, 9.17) is 9.47 Å². The van der Waals surface area contributed by atoms with Gasteiger partial charge in [0.25, 0.3) is 0 Å². The van der Waals surface area contributed by atoms with Crippen molar-refractivity contribution in [3.8, 4) is 16.9 Å². The summed E-state index contributed by atoms with van der Waals surface area (Å²) in [7, 11) is 0. The molecule has 33 heavy (non-hydrogen) atoms. The molecule has 2 heterocycles. The van der Waals surface area contributed by atoms with Gasteiger partial charge in [0.15, 0.2) is 0 Å². The molecule has 1 fully saturated rings. The SMILES string of the molecule is O=C(Cc1ccc(-c2ccc(OCCN3CCOCC3)cc2F)cn1)NCc1ccccc1. The summed E-state index contributed by atoms with van der Waals surface area (Å²) in [4.78, 5) is 18.8. The Hall–Kier alpha value is -3.29. The molecule has 172 valence electrons. The molecule has 1 saturated heterocycles. The first-order valence-corrected chi connectivity index (χ1v) is 11.2. The smallest absolute Gasteiger partial charge is 0.226 e. The number of nitrogens with one attached hydrogen (secondary N) is 1. The predicted molar refractivity (Wildman–Crippen MR) is 124 cm³/mol. The number of benzene rings is 2. The number of nitrogens with zero attached hydrogens (tertiary/aromatic N) is 2. The van der Waals surface area contributed by atoms with Crippen molar-refractivity contribution >= 4 is 5.91 Å². The fourth-order valence-electron chi connectivity index (χ4n) is 3.65. The molecular formula is C26H28FN3O3. The number of carbonyl (C=O) groups excluding carboxylic acids is 1. The van der Waals surface area contributed by atoms with Crippen LogP contribution in [0.3, 0.4) is 0 Å². The number of hydrogen-bond donors (Lipinski definition) is 1. The van der Waals surface area contributed by atoms with E-state index in [0.717, 1.165) is 38.4 Å². The highest BCUT2D eigenvalue weighted by atomic mass is 19.1. The quantitative estimate of drug-likeness (QED) is 0.542. The van der Waals surface area contributed by atoms with Gasteiger partial charge >= 0.3 is 0 Å². The number of amides is 1. The van der Waals surface area contributed by atoms with Crippen molar-refractivity contribution < 1.29 is 18.7 Å². The van der Waals surface area contributed by atoms with E-state index in [-0.39, 0.29) is 18.1 Å². The molecule has 3 aromatic rings. The Kier molecular flexibility index (Phi) is 8.00. The van der Waals surface area contributed by atoms with Crippen molar-refractivity contribution in [2.75, 3.05) is 39.5 Å². The molecule has 1 aromatic heterocycles. The summed E-state index contributed by atoms with van der Waals surface area (Å²) < 4.78 is 25.7. The van der Waals surface area contributed by atoms with Crippen molar-refractivity contribution in [1.82, 2.24) is 15.2 Å². The molecule has 0 spiro atoms. The topological polar surface area (TPSA) is 63.7 Å². The third-order valence-corrected chi connectivity index (χ3v) is 5.53. The zero-order valence-electron chi connectivity index (χ0n) is 18.5. The minimum Gasteiger partial charge on any atom is -0.492 e. The van der Waals surface area contributed by atoms with Crippen LogP contribution in [0.25, 0.3) is 11.1 Å². The molecule has 0 aliphatic carbocycles. The van der Waals surface area contributed by atoms with Crippen molar-refractivity contribution in [3.05, 3.63) is 83.9 Å². The van der Waals surface area contributed by atoms with E-state index < -0.39 is 0 Å². The summed E-state index contributed by atoms with van der Waals surface area (Å²) in [5.41, 5.74) is 2.77. The standard InChI is InChI=1S/C26H28FN3O3/c27-25-17-23(33-15-12-30-10-13-32-14-11-30)8-9-24(25)21-6-7-22(28-19-21)16-26(31)29-18-20-4-2-1-3-5-20/h1-9,17,19H,10-16,18H2,(H,29,31). The van der Waals surface area contributed by atoms with E-state index in [1.807, 2.05) is 30.3 Å². The largest absolute Gasteiger partial charge is 0.492 e. The monoisotopic (exact) mass is 449 g/mol. The van der Waals surface area contributed by atoms with Gasteiger partial charge in [-0.05, 0) is 23.8 Å². The summed E-state index contributed by atoms with van der Waals surface area (Å²) in [5.74, 6) is 0.0297. The Morgan fingerprint density at radius 3 is 2.64 bits per heavy atom. The molecule has 0 saturated carbocycles. The molecule has 1 amide bonds. The van der Waals surface area contributed by atoms with Gasteiger partial charge < -0.3 is 14.8 Å². The summed E-state index contributed by atoms with van der Waals surface area (Å²) in [6.07, 6.45) is 1.77. The summed E-state index contributed by atoms with van der Waals surface area (Å²) >= 11 is 0. The molecule has 1 aliphatic heterocycles. The van der Waals surface area contributed by atoms with Gasteiger partial charge in [-0.2, -0.15) is 0 Å². The molecule has 7 heteroatoms. The Bertz CT molecular complexity index is 1040. The van der Waals surface area contributed by atoms with Crippen LogP contribution in [-0.2, 0) is 22.5 Å². The number of ether oxygens (including phenoxy) is 2.